The first-order valence-electron chi connectivity index (χ1n) is 5.53. The van der Waals surface area contributed by atoms with Crippen molar-refractivity contribution in [2.24, 2.45) is 0 Å². The van der Waals surface area contributed by atoms with Crippen molar-refractivity contribution in [3.8, 4) is 0 Å². The average Bonchev–Trinajstić information content (AvgIpc) is 2.10. The highest BCUT2D eigenvalue weighted by Crippen LogP contribution is 2.04. The predicted molar refractivity (Wildman–Crippen MR) is 65.9 cm³/mol. The first kappa shape index (κ1) is 15.8. The lowest BCUT2D eigenvalue weighted by Gasteiger charge is -2.26. The number of nitrogens with zero attached hydrogens (tertiary/aromatic N) is 1. The molecule has 0 saturated carbocycles. The van der Waals surface area contributed by atoms with Crippen LogP contribution in [0.3, 0.4) is 0 Å². The van der Waals surface area contributed by atoms with Crippen LogP contribution in [0.2, 0.25) is 0 Å². The summed E-state index contributed by atoms with van der Waals surface area (Å²) in [7, 11) is 0.426. The number of hydrogen-bond acceptors (Lipinski definition) is 4. The maximum Gasteiger partial charge on any atom is 0.211 e. The van der Waals surface area contributed by atoms with Gasteiger partial charge in [-0.15, -0.1) is 0 Å². The molecule has 0 aliphatic carbocycles. The van der Waals surface area contributed by atoms with Crippen molar-refractivity contribution < 1.29 is 13.5 Å². The third-order valence-electron chi connectivity index (χ3n) is 2.10. The molecule has 0 aliphatic heterocycles. The number of likely N-dealkylation sites (N-methyl/N-ethyl adjacent to an activating group) is 1. The predicted octanol–water partition coefficient (Wildman–Crippen LogP) is 0.0185. The van der Waals surface area contributed by atoms with Crippen LogP contribution in [-0.2, 0) is 10.0 Å². The summed E-state index contributed by atoms with van der Waals surface area (Å²) in [5.74, 6) is 0.127. The number of hydrogen-bond donors (Lipinski definition) is 2. The molecular weight excluding hydrogens is 228 g/mol. The molecule has 0 spiro atoms. The van der Waals surface area contributed by atoms with Crippen molar-refractivity contribution in [3.63, 3.8) is 0 Å². The van der Waals surface area contributed by atoms with E-state index in [1.807, 2.05) is 25.9 Å². The van der Waals surface area contributed by atoms with Crippen LogP contribution >= 0.6 is 0 Å². The molecule has 0 aromatic heterocycles. The number of aliphatic hydroxyl groups is 1. The van der Waals surface area contributed by atoms with Crippen molar-refractivity contribution in [2.75, 3.05) is 32.9 Å². The summed E-state index contributed by atoms with van der Waals surface area (Å²) in [6.45, 7) is 4.04. The lowest BCUT2D eigenvalue weighted by molar-refractivity contribution is 0.0386. The molecule has 0 fully saturated rings. The Hall–Kier alpha value is -0.170. The van der Waals surface area contributed by atoms with Gasteiger partial charge in [-0.3, -0.25) is 0 Å². The normalized spacial score (nSPS) is 16.4. The third kappa shape index (κ3) is 8.04. The summed E-state index contributed by atoms with van der Waals surface area (Å²) < 4.78 is 25.4. The van der Waals surface area contributed by atoms with E-state index in [-0.39, 0.29) is 12.3 Å². The van der Waals surface area contributed by atoms with Crippen LogP contribution in [0.15, 0.2) is 0 Å². The smallest absolute Gasteiger partial charge is 0.211 e. The van der Waals surface area contributed by atoms with Gasteiger partial charge in [-0.1, -0.05) is 13.3 Å². The molecule has 6 heteroatoms. The Morgan fingerprint density at radius 1 is 1.38 bits per heavy atom. The molecule has 0 unspecified atom stereocenters. The SMILES string of the molecule is CCCCS(=O)(=O)NC[C@](C)(O)CN(C)C. The maximum atomic E-state index is 11.5. The fourth-order valence-corrected chi connectivity index (χ4v) is 2.75. The summed E-state index contributed by atoms with van der Waals surface area (Å²) in [5, 5.41) is 9.91. The van der Waals surface area contributed by atoms with Crippen molar-refractivity contribution in [2.45, 2.75) is 32.3 Å². The van der Waals surface area contributed by atoms with Crippen molar-refractivity contribution >= 4 is 10.0 Å². The topological polar surface area (TPSA) is 69.6 Å². The van der Waals surface area contributed by atoms with Crippen LogP contribution in [0.25, 0.3) is 0 Å². The number of sulfonamides is 1. The molecule has 0 amide bonds. The van der Waals surface area contributed by atoms with E-state index in [2.05, 4.69) is 4.72 Å². The molecule has 0 aliphatic rings. The fourth-order valence-electron chi connectivity index (χ4n) is 1.41. The zero-order valence-electron chi connectivity index (χ0n) is 10.7. The summed E-state index contributed by atoms with van der Waals surface area (Å²) >= 11 is 0. The molecule has 0 radical (unpaired) electrons. The Labute approximate surface area is 98.9 Å². The molecule has 2 N–H and O–H groups in total. The van der Waals surface area contributed by atoms with Crippen molar-refractivity contribution in [1.29, 1.82) is 0 Å². The van der Waals surface area contributed by atoms with Crippen molar-refractivity contribution in [3.05, 3.63) is 0 Å². The third-order valence-corrected chi connectivity index (χ3v) is 3.51. The van der Waals surface area contributed by atoms with E-state index in [1.165, 1.54) is 0 Å². The molecular formula is C10H24N2O3S. The lowest BCUT2D eigenvalue weighted by Crippen LogP contribution is -2.47. The largest absolute Gasteiger partial charge is 0.387 e. The molecule has 1 atom stereocenters. The van der Waals surface area contributed by atoms with Gasteiger partial charge in [0.25, 0.3) is 0 Å². The van der Waals surface area contributed by atoms with Crippen LogP contribution in [0.5, 0.6) is 0 Å². The van der Waals surface area contributed by atoms with Gasteiger partial charge >= 0.3 is 0 Å². The highest BCUT2D eigenvalue weighted by Gasteiger charge is 2.23. The van der Waals surface area contributed by atoms with Crippen LogP contribution < -0.4 is 4.72 Å². The second-order valence-electron chi connectivity index (χ2n) is 4.73. The van der Waals surface area contributed by atoms with E-state index in [0.717, 1.165) is 6.42 Å². The molecule has 0 saturated heterocycles. The van der Waals surface area contributed by atoms with Gasteiger partial charge in [0, 0.05) is 13.1 Å². The van der Waals surface area contributed by atoms with Gasteiger partial charge in [0.1, 0.15) is 0 Å². The van der Waals surface area contributed by atoms with Gasteiger partial charge in [0.05, 0.1) is 11.4 Å². The molecule has 98 valence electrons. The molecule has 0 aromatic carbocycles. The first-order chi connectivity index (χ1) is 7.18. The highest BCUT2D eigenvalue weighted by molar-refractivity contribution is 7.89. The molecule has 0 heterocycles. The first-order valence-corrected chi connectivity index (χ1v) is 7.18. The summed E-state index contributed by atoms with van der Waals surface area (Å²) in [6.07, 6.45) is 1.49. The van der Waals surface area contributed by atoms with Gasteiger partial charge in [0.15, 0.2) is 0 Å². The van der Waals surface area contributed by atoms with Gasteiger partial charge in [-0.25, -0.2) is 13.1 Å². The van der Waals surface area contributed by atoms with Gasteiger partial charge in [-0.05, 0) is 27.4 Å². The van der Waals surface area contributed by atoms with Crippen LogP contribution in [0, 0.1) is 0 Å². The Balaban J connectivity index is 4.12. The van der Waals surface area contributed by atoms with Gasteiger partial charge in [0.2, 0.25) is 10.0 Å². The molecule has 0 bridgehead atoms. The monoisotopic (exact) mass is 252 g/mol. The van der Waals surface area contributed by atoms with Crippen LogP contribution in [-0.4, -0.2) is 57.0 Å². The minimum absolute atomic E-state index is 0.0528. The average molecular weight is 252 g/mol. The zero-order valence-corrected chi connectivity index (χ0v) is 11.5. The van der Waals surface area contributed by atoms with Gasteiger partial charge in [-0.2, -0.15) is 0 Å². The number of unbranched alkanes of at least 4 members (excludes halogenated alkanes) is 1. The Morgan fingerprint density at radius 3 is 2.38 bits per heavy atom. The van der Waals surface area contributed by atoms with E-state index in [1.54, 1.807) is 6.92 Å². The summed E-state index contributed by atoms with van der Waals surface area (Å²) in [6, 6.07) is 0. The number of nitrogens with one attached hydrogen (secondary N) is 1. The summed E-state index contributed by atoms with van der Waals surface area (Å²) in [5.41, 5.74) is -1.04. The molecule has 5 nitrogen and oxygen atoms in total. The lowest BCUT2D eigenvalue weighted by atomic mass is 10.1. The molecule has 16 heavy (non-hydrogen) atoms. The van der Waals surface area contributed by atoms with Gasteiger partial charge < -0.3 is 10.0 Å². The molecule has 0 rings (SSSR count). The van der Waals surface area contributed by atoms with Crippen LogP contribution in [0.1, 0.15) is 26.7 Å². The minimum atomic E-state index is -3.24. The van der Waals surface area contributed by atoms with E-state index >= 15 is 0 Å². The van der Waals surface area contributed by atoms with Crippen LogP contribution in [0.4, 0.5) is 0 Å². The minimum Gasteiger partial charge on any atom is -0.387 e. The van der Waals surface area contributed by atoms with E-state index in [0.29, 0.717) is 13.0 Å². The zero-order chi connectivity index (χ0) is 12.8. The fraction of sp³-hybridized carbons (Fsp3) is 1.00. The maximum absolute atomic E-state index is 11.5. The quantitative estimate of drug-likeness (QED) is 0.639. The van der Waals surface area contributed by atoms with E-state index in [9.17, 15) is 13.5 Å². The molecule has 0 aromatic rings. The Bertz CT molecular complexity index is 286. The summed E-state index contributed by atoms with van der Waals surface area (Å²) in [4.78, 5) is 1.82. The Morgan fingerprint density at radius 2 is 1.94 bits per heavy atom. The second kappa shape index (κ2) is 6.54. The number of rotatable bonds is 8. The highest BCUT2D eigenvalue weighted by atomic mass is 32.2. The van der Waals surface area contributed by atoms with E-state index in [4.69, 9.17) is 0 Å². The second-order valence-corrected chi connectivity index (χ2v) is 6.65. The van der Waals surface area contributed by atoms with E-state index < -0.39 is 15.6 Å². The standard InChI is InChI=1S/C10H24N2O3S/c1-5-6-7-16(14,15)11-8-10(2,13)9-12(3)4/h11,13H,5-9H2,1-4H3/t10-/m0/s1. The Kier molecular flexibility index (Phi) is 6.47. The van der Waals surface area contributed by atoms with Crippen molar-refractivity contribution in [1.82, 2.24) is 9.62 Å².